The van der Waals surface area contributed by atoms with Crippen LogP contribution in [0.1, 0.15) is 58.8 Å². The molecule has 8 heteroatoms. The molecule has 0 aromatic heterocycles. The summed E-state index contributed by atoms with van der Waals surface area (Å²) in [5.74, 6) is 0. The summed E-state index contributed by atoms with van der Waals surface area (Å²) in [5.41, 5.74) is -5.15. The third-order valence-electron chi connectivity index (χ3n) is 3.31. The van der Waals surface area contributed by atoms with E-state index in [4.69, 9.17) is 0 Å². The van der Waals surface area contributed by atoms with Crippen LogP contribution in [0, 0.1) is 0 Å². The molecule has 0 radical (unpaired) electrons. The van der Waals surface area contributed by atoms with Gasteiger partial charge in [0, 0.05) is 9.84 Å². The van der Waals surface area contributed by atoms with E-state index >= 15 is 0 Å². The van der Waals surface area contributed by atoms with Gasteiger partial charge in [-0.2, -0.15) is 26.3 Å². The van der Waals surface area contributed by atoms with Gasteiger partial charge in [0.25, 0.3) is 5.67 Å². The van der Waals surface area contributed by atoms with E-state index in [2.05, 4.69) is 0 Å². The average molecular weight is 436 g/mol. The van der Waals surface area contributed by atoms with Crippen LogP contribution in [0.3, 0.4) is 0 Å². The molecule has 21 heavy (non-hydrogen) atoms. The van der Waals surface area contributed by atoms with Crippen molar-refractivity contribution in [3.05, 3.63) is 0 Å². The number of unbranched alkanes of at least 4 members (excludes halogenated alkanes) is 4. The molecule has 0 heterocycles. The largest absolute Gasteiger partial charge is 0.431 e. The van der Waals surface area contributed by atoms with E-state index in [0.717, 1.165) is 25.7 Å². The highest BCUT2D eigenvalue weighted by Gasteiger charge is 2.73. The third-order valence-corrected chi connectivity index (χ3v) is 4.23. The van der Waals surface area contributed by atoms with Crippen molar-refractivity contribution in [1.82, 2.24) is 0 Å². The maximum Gasteiger partial charge on any atom is 0.431 e. The Kier molecular flexibility index (Phi) is 7.76. The number of alkyl halides is 8. The Balaban J connectivity index is 4.77. The van der Waals surface area contributed by atoms with Gasteiger partial charge in [-0.1, -0.05) is 68.5 Å². The van der Waals surface area contributed by atoms with Crippen LogP contribution in [0.2, 0.25) is 0 Å². The minimum atomic E-state index is -5.96. The molecule has 1 atom stereocenters. The fourth-order valence-corrected chi connectivity index (χ4v) is 2.96. The van der Waals surface area contributed by atoms with Crippen molar-refractivity contribution in [3.63, 3.8) is 0 Å². The summed E-state index contributed by atoms with van der Waals surface area (Å²) in [6.45, 7) is 3.23. The summed E-state index contributed by atoms with van der Waals surface area (Å²) in [7, 11) is 0. The SMILES string of the molecule is CCCCCCCC(C)(I)CC(F)(C(F)(F)F)C(F)(F)F. The number of hydrogen-bond donors (Lipinski definition) is 0. The highest BCUT2D eigenvalue weighted by Crippen LogP contribution is 2.52. The lowest BCUT2D eigenvalue weighted by Gasteiger charge is -2.35. The van der Waals surface area contributed by atoms with Gasteiger partial charge in [0.1, 0.15) is 0 Å². The second-order valence-corrected chi connectivity index (χ2v) is 8.16. The van der Waals surface area contributed by atoms with Crippen molar-refractivity contribution in [2.45, 2.75) is 80.2 Å². The second-order valence-electron chi connectivity index (χ2n) is 5.55. The number of halogens is 8. The molecule has 0 aromatic carbocycles. The molecule has 1 unspecified atom stereocenters. The first-order valence-electron chi connectivity index (χ1n) is 6.78. The van der Waals surface area contributed by atoms with Crippen molar-refractivity contribution in [3.8, 4) is 0 Å². The van der Waals surface area contributed by atoms with Gasteiger partial charge in [-0.3, -0.25) is 0 Å². The van der Waals surface area contributed by atoms with Crippen molar-refractivity contribution >= 4 is 22.6 Å². The maximum absolute atomic E-state index is 13.7. The summed E-state index contributed by atoms with van der Waals surface area (Å²) in [6, 6.07) is 0. The Bertz CT molecular complexity index is 293. The molecule has 0 rings (SSSR count). The molecule has 0 aliphatic rings. The van der Waals surface area contributed by atoms with Crippen LogP contribution in [0.4, 0.5) is 30.7 Å². The van der Waals surface area contributed by atoms with E-state index in [0.29, 0.717) is 6.42 Å². The van der Waals surface area contributed by atoms with Crippen molar-refractivity contribution in [2.24, 2.45) is 0 Å². The van der Waals surface area contributed by atoms with Gasteiger partial charge in [-0.05, 0) is 6.42 Å². The highest BCUT2D eigenvalue weighted by molar-refractivity contribution is 14.1. The van der Waals surface area contributed by atoms with Gasteiger partial charge in [0.05, 0.1) is 0 Å². The fourth-order valence-electron chi connectivity index (χ4n) is 2.05. The predicted octanol–water partition coefficient (Wildman–Crippen LogP) is 6.76. The summed E-state index contributed by atoms with van der Waals surface area (Å²) in [6.07, 6.45) is -9.36. The molecule has 0 aliphatic carbocycles. The monoisotopic (exact) mass is 436 g/mol. The molecule has 0 nitrogen and oxygen atoms in total. The maximum atomic E-state index is 13.7. The molecular formula is C13H20F7I. The van der Waals surface area contributed by atoms with Crippen LogP contribution in [0.25, 0.3) is 0 Å². The fraction of sp³-hybridized carbons (Fsp3) is 1.00. The number of hydrogen-bond acceptors (Lipinski definition) is 0. The first-order valence-corrected chi connectivity index (χ1v) is 7.86. The normalized spacial score (nSPS) is 16.9. The molecule has 0 aliphatic heterocycles. The van der Waals surface area contributed by atoms with Crippen LogP contribution in [-0.2, 0) is 0 Å². The van der Waals surface area contributed by atoms with Crippen LogP contribution >= 0.6 is 22.6 Å². The molecule has 0 amide bonds. The van der Waals surface area contributed by atoms with E-state index in [9.17, 15) is 30.7 Å². The van der Waals surface area contributed by atoms with Crippen LogP contribution in [0.15, 0.2) is 0 Å². The van der Waals surface area contributed by atoms with Gasteiger partial charge in [-0.25, -0.2) is 4.39 Å². The molecule has 0 N–H and O–H groups in total. The predicted molar refractivity (Wildman–Crippen MR) is 76.4 cm³/mol. The molecule has 0 saturated heterocycles. The van der Waals surface area contributed by atoms with E-state index in [1.807, 2.05) is 6.92 Å². The lowest BCUT2D eigenvalue weighted by molar-refractivity contribution is -0.344. The van der Waals surface area contributed by atoms with E-state index in [1.54, 1.807) is 0 Å². The number of rotatable bonds is 8. The minimum absolute atomic E-state index is 0.120. The minimum Gasteiger partial charge on any atom is -0.224 e. The zero-order valence-corrected chi connectivity index (χ0v) is 14.1. The first kappa shape index (κ1) is 21.2. The van der Waals surface area contributed by atoms with E-state index in [1.165, 1.54) is 29.5 Å². The lowest BCUT2D eigenvalue weighted by Crippen LogP contribution is -2.55. The Labute approximate surface area is 134 Å². The third kappa shape index (κ3) is 6.48. The van der Waals surface area contributed by atoms with Gasteiger partial charge in [0.2, 0.25) is 0 Å². The first-order chi connectivity index (χ1) is 9.27. The Hall–Kier alpha value is 0.240. The quantitative estimate of drug-likeness (QED) is 0.171. The Morgan fingerprint density at radius 1 is 0.762 bits per heavy atom. The van der Waals surface area contributed by atoms with Crippen LogP contribution in [-0.4, -0.2) is 21.4 Å². The van der Waals surface area contributed by atoms with E-state index in [-0.39, 0.29) is 6.42 Å². The molecule has 128 valence electrons. The summed E-state index contributed by atoms with van der Waals surface area (Å²) >= 11 is 1.50. The molecular weight excluding hydrogens is 416 g/mol. The van der Waals surface area contributed by atoms with E-state index < -0.39 is 27.9 Å². The summed E-state index contributed by atoms with van der Waals surface area (Å²) in [5, 5.41) is 0. The van der Waals surface area contributed by atoms with Gasteiger partial charge >= 0.3 is 12.4 Å². The van der Waals surface area contributed by atoms with Crippen molar-refractivity contribution in [2.75, 3.05) is 0 Å². The molecule has 0 bridgehead atoms. The van der Waals surface area contributed by atoms with Gasteiger partial charge < -0.3 is 0 Å². The zero-order chi connectivity index (χ0) is 16.9. The molecule has 0 aromatic rings. The average Bonchev–Trinajstić information content (AvgIpc) is 2.25. The van der Waals surface area contributed by atoms with Crippen LogP contribution in [0.5, 0.6) is 0 Å². The van der Waals surface area contributed by atoms with Crippen LogP contribution < -0.4 is 0 Å². The lowest BCUT2D eigenvalue weighted by atomic mass is 9.88. The Morgan fingerprint density at radius 3 is 1.57 bits per heavy atom. The van der Waals surface area contributed by atoms with Crippen molar-refractivity contribution < 1.29 is 30.7 Å². The van der Waals surface area contributed by atoms with Crippen molar-refractivity contribution in [1.29, 1.82) is 0 Å². The smallest absolute Gasteiger partial charge is 0.224 e. The van der Waals surface area contributed by atoms with Gasteiger partial charge in [0.15, 0.2) is 0 Å². The summed E-state index contributed by atoms with van der Waals surface area (Å²) < 4.78 is 87.4. The highest BCUT2D eigenvalue weighted by atomic mass is 127. The molecule has 0 saturated carbocycles. The standard InChI is InChI=1S/C13H20F7I/c1-3-4-5-6-7-8-10(2,21)9-11(14,12(15,16)17)13(18,19)20/h3-9H2,1-2H3. The summed E-state index contributed by atoms with van der Waals surface area (Å²) in [4.78, 5) is 0. The second kappa shape index (κ2) is 7.68. The molecule has 0 spiro atoms. The Morgan fingerprint density at radius 2 is 1.19 bits per heavy atom. The zero-order valence-electron chi connectivity index (χ0n) is 12.0. The topological polar surface area (TPSA) is 0 Å². The van der Waals surface area contributed by atoms with Gasteiger partial charge in [-0.15, -0.1) is 0 Å². The molecule has 0 fully saturated rings.